The minimum Gasteiger partial charge on any atom is -0.511 e. The van der Waals surface area contributed by atoms with Crippen molar-refractivity contribution in [1.29, 1.82) is 0 Å². The fourth-order valence-electron chi connectivity index (χ4n) is 12.0. The van der Waals surface area contributed by atoms with E-state index in [1.54, 1.807) is 20.1 Å². The Labute approximate surface area is 374 Å². The van der Waals surface area contributed by atoms with Gasteiger partial charge in [0.1, 0.15) is 24.9 Å². The van der Waals surface area contributed by atoms with Gasteiger partial charge in [-0.1, -0.05) is 138 Å². The van der Waals surface area contributed by atoms with Crippen LogP contribution in [0.25, 0.3) is 0 Å². The van der Waals surface area contributed by atoms with Crippen LogP contribution >= 0.6 is 0 Å². The van der Waals surface area contributed by atoms with Gasteiger partial charge in [-0.15, -0.1) is 0 Å². The molecular formula is C52H66O10Si. The third-order valence-corrected chi connectivity index (χ3v) is 19.8. The molecule has 5 aliphatic rings. The molecule has 11 heteroatoms. The molecular weight excluding hydrogens is 813 g/mol. The number of rotatable bonds is 11. The van der Waals surface area contributed by atoms with Gasteiger partial charge >= 0.3 is 5.97 Å². The second-order valence-electron chi connectivity index (χ2n) is 19.8. The van der Waals surface area contributed by atoms with Crippen LogP contribution in [0.3, 0.4) is 0 Å². The normalized spacial score (nSPS) is 35.3. The van der Waals surface area contributed by atoms with Crippen molar-refractivity contribution >= 4 is 36.2 Å². The molecule has 2 bridgehead atoms. The van der Waals surface area contributed by atoms with Crippen LogP contribution in [-0.2, 0) is 42.5 Å². The highest BCUT2D eigenvalue weighted by Crippen LogP contribution is 2.60. The lowest BCUT2D eigenvalue weighted by molar-refractivity contribution is -0.165. The summed E-state index contributed by atoms with van der Waals surface area (Å²) in [7, 11) is 0.0345. The predicted octanol–water partition coefficient (Wildman–Crippen LogP) is 8.13. The number of ketones is 2. The van der Waals surface area contributed by atoms with Gasteiger partial charge in [0, 0.05) is 44.3 Å². The Morgan fingerprint density at radius 3 is 2.08 bits per heavy atom. The lowest BCUT2D eigenvalue weighted by Gasteiger charge is -2.56. The fourth-order valence-corrected chi connectivity index (χ4v) is 16.6. The number of fused-ring (bicyclic) bond motifs is 4. The molecule has 1 N–H and O–H groups in total. The van der Waals surface area contributed by atoms with Crippen LogP contribution in [0, 0.1) is 40.9 Å². The van der Waals surface area contributed by atoms with Gasteiger partial charge in [-0.05, 0) is 64.6 Å². The molecule has 63 heavy (non-hydrogen) atoms. The molecule has 0 amide bonds. The van der Waals surface area contributed by atoms with Gasteiger partial charge < -0.3 is 33.2 Å². The van der Waals surface area contributed by atoms with Crippen molar-refractivity contribution in [1.82, 2.24) is 0 Å². The Morgan fingerprint density at radius 2 is 1.48 bits per heavy atom. The van der Waals surface area contributed by atoms with Gasteiger partial charge in [0.15, 0.2) is 11.4 Å². The lowest BCUT2D eigenvalue weighted by atomic mass is 9.49. The number of Topliss-reactive ketones (excluding diaryl/α,β-unsaturated/α-hetero) is 2. The number of ether oxygens (including phenoxy) is 5. The molecule has 10 atom stereocenters. The minimum atomic E-state index is -3.07. The number of esters is 1. The number of allylic oxidation sites excluding steroid dienone is 5. The van der Waals surface area contributed by atoms with E-state index < -0.39 is 49.0 Å². The molecule has 2 aromatic carbocycles. The van der Waals surface area contributed by atoms with Crippen molar-refractivity contribution in [2.24, 2.45) is 40.9 Å². The smallest absolute Gasteiger partial charge is 0.346 e. The molecule has 7 rings (SSSR count). The molecule has 2 aromatic rings. The van der Waals surface area contributed by atoms with Crippen molar-refractivity contribution in [3.05, 3.63) is 119 Å². The molecule has 4 aliphatic carbocycles. The zero-order chi connectivity index (χ0) is 45.5. The average Bonchev–Trinajstić information content (AvgIpc) is 3.49. The Bertz CT molecular complexity index is 2160. The van der Waals surface area contributed by atoms with E-state index >= 15 is 4.79 Å². The van der Waals surface area contributed by atoms with Crippen molar-refractivity contribution < 1.29 is 47.6 Å². The van der Waals surface area contributed by atoms with Crippen molar-refractivity contribution in [2.45, 2.75) is 97.5 Å². The summed E-state index contributed by atoms with van der Waals surface area (Å²) in [5.41, 5.74) is -1.43. The van der Waals surface area contributed by atoms with E-state index in [-0.39, 0.29) is 85.0 Å². The largest absolute Gasteiger partial charge is 0.511 e. The summed E-state index contributed by atoms with van der Waals surface area (Å²) < 4.78 is 37.4. The van der Waals surface area contributed by atoms with Crippen LogP contribution in [0.4, 0.5) is 0 Å². The average molecular weight is 879 g/mol. The summed E-state index contributed by atoms with van der Waals surface area (Å²) in [4.78, 5) is 44.6. The summed E-state index contributed by atoms with van der Waals surface area (Å²) in [5.74, 6) is -3.53. The third-order valence-electron chi connectivity index (χ3n) is 14.8. The number of methoxy groups -OCH3 is 2. The quantitative estimate of drug-likeness (QED) is 0.0778. The molecule has 0 aromatic heterocycles. The van der Waals surface area contributed by atoms with Gasteiger partial charge in [-0.25, -0.2) is 4.79 Å². The highest BCUT2D eigenvalue weighted by Gasteiger charge is 2.65. The zero-order valence-corrected chi connectivity index (χ0v) is 39.6. The molecule has 1 aliphatic heterocycles. The van der Waals surface area contributed by atoms with Crippen LogP contribution in [0.5, 0.6) is 0 Å². The maximum Gasteiger partial charge on any atom is 0.346 e. The molecule has 0 unspecified atom stereocenters. The van der Waals surface area contributed by atoms with Crippen LogP contribution in [-0.4, -0.2) is 83.2 Å². The summed E-state index contributed by atoms with van der Waals surface area (Å²) in [6.45, 7) is 16.7. The Morgan fingerprint density at radius 1 is 0.857 bits per heavy atom. The molecule has 1 spiro atoms. The van der Waals surface area contributed by atoms with Gasteiger partial charge in [-0.3, -0.25) is 9.59 Å². The Balaban J connectivity index is 1.40. The van der Waals surface area contributed by atoms with E-state index in [2.05, 4.69) is 71.0 Å². The lowest BCUT2D eigenvalue weighted by Crippen LogP contribution is -2.66. The number of benzene rings is 2. The number of aliphatic hydroxyl groups excluding tert-OH is 1. The molecule has 0 radical (unpaired) electrons. The minimum absolute atomic E-state index is 0.0355. The van der Waals surface area contributed by atoms with E-state index in [0.29, 0.717) is 11.1 Å². The van der Waals surface area contributed by atoms with Crippen LogP contribution in [0.2, 0.25) is 5.04 Å². The maximum absolute atomic E-state index is 15.7. The first-order chi connectivity index (χ1) is 30.0. The predicted molar refractivity (Wildman–Crippen MR) is 245 cm³/mol. The summed E-state index contributed by atoms with van der Waals surface area (Å²) in [6, 6.07) is 20.6. The fraction of sp³-hybridized carbons (Fsp3) is 0.519. The molecule has 10 nitrogen and oxygen atoms in total. The number of carbonyl (C=O) groups excluding carboxylic acids is 3. The Kier molecular flexibility index (Phi) is 13.6. The SMILES string of the molecule is COCO[C@@H]1[C@H]2C=C[C@H]3/C(C)=C/CC(=O)/C(C)=C/[C@@H]4[C@@H](OCOC)C=C(CO[Si](c5ccccc5)(c5ccccc5)C(C)(C)C)C[C@]45OC(=O)/C(=C(\O)[C@@]3(C)[C@@H]2[C@@H](C)C[C@@H]1C)C5=O. The first-order valence-electron chi connectivity index (χ1n) is 22.4. The topological polar surface area (TPSA) is 127 Å². The molecule has 2 fully saturated rings. The number of carbonyl (C=O) groups is 3. The van der Waals surface area contributed by atoms with Gasteiger partial charge in [0.2, 0.25) is 5.78 Å². The van der Waals surface area contributed by atoms with Crippen LogP contribution in [0.15, 0.2) is 119 Å². The highest BCUT2D eigenvalue weighted by molar-refractivity contribution is 6.99. The monoisotopic (exact) mass is 878 g/mol. The highest BCUT2D eigenvalue weighted by atomic mass is 28.4. The summed E-state index contributed by atoms with van der Waals surface area (Å²) in [6.07, 6.45) is 9.56. The molecule has 1 saturated carbocycles. The van der Waals surface area contributed by atoms with E-state index in [9.17, 15) is 14.7 Å². The van der Waals surface area contributed by atoms with E-state index in [1.165, 1.54) is 7.11 Å². The van der Waals surface area contributed by atoms with Crippen molar-refractivity contribution in [3.8, 4) is 0 Å². The molecule has 1 heterocycles. The first-order valence-corrected chi connectivity index (χ1v) is 24.3. The van der Waals surface area contributed by atoms with Gasteiger partial charge in [-0.2, -0.15) is 0 Å². The van der Waals surface area contributed by atoms with Gasteiger partial charge in [0.05, 0.1) is 24.7 Å². The van der Waals surface area contributed by atoms with Gasteiger partial charge in [0.25, 0.3) is 8.32 Å². The van der Waals surface area contributed by atoms with E-state index in [0.717, 1.165) is 22.4 Å². The van der Waals surface area contributed by atoms with E-state index in [1.807, 2.05) is 62.4 Å². The first kappa shape index (κ1) is 46.8. The van der Waals surface area contributed by atoms with Crippen LogP contribution in [0.1, 0.15) is 74.7 Å². The second-order valence-corrected chi connectivity index (χ2v) is 24.1. The van der Waals surface area contributed by atoms with Crippen molar-refractivity contribution in [3.63, 3.8) is 0 Å². The van der Waals surface area contributed by atoms with Crippen molar-refractivity contribution in [2.75, 3.05) is 34.4 Å². The standard InChI is InChI=1S/C52H66O10Si/c1-32-21-24-42(53)33(2)26-41-43(59-30-57-9)27-36(29-61-63(50(5,6)7,37-17-13-11-14-18-37)38-19-15-12-16-20-38)28-52(41)48(55)44(49(56)62-52)47(54)51(8)40(32)23-22-39-45(51)34(3)25-35(4)46(39)60-31-58-10/h11-23,26-27,34-35,39-41,43,45-46,54H,24-25,28-31H2,1-10H3/b32-21+,33-26+,47-44-/t34-,35-,39-,40-,41+,43-,45+,46-,51+,52-/m0/s1. The Hall–Kier alpha value is -4.23. The maximum atomic E-state index is 15.7. The third kappa shape index (κ3) is 8.12. The number of hydrogen-bond donors (Lipinski definition) is 1. The van der Waals surface area contributed by atoms with Crippen LogP contribution < -0.4 is 10.4 Å². The number of hydrogen-bond acceptors (Lipinski definition) is 10. The van der Waals surface area contributed by atoms with E-state index in [4.69, 9.17) is 28.1 Å². The summed E-state index contributed by atoms with van der Waals surface area (Å²) >= 11 is 0. The molecule has 338 valence electrons. The second kappa shape index (κ2) is 18.3. The zero-order valence-electron chi connectivity index (χ0n) is 38.6. The summed E-state index contributed by atoms with van der Waals surface area (Å²) in [5, 5.41) is 14.9. The molecule has 1 saturated heterocycles. The number of aliphatic hydroxyl groups is 1.